The van der Waals surface area contributed by atoms with E-state index < -0.39 is 0 Å². The van der Waals surface area contributed by atoms with Crippen LogP contribution in [0.15, 0.2) is 24.4 Å². The molecule has 0 saturated heterocycles. The van der Waals surface area contributed by atoms with Gasteiger partial charge in [0.15, 0.2) is 0 Å². The highest BCUT2D eigenvalue weighted by Gasteiger charge is 2.03. The second kappa shape index (κ2) is 3.25. The minimum atomic E-state index is 1.08. The topological polar surface area (TPSA) is 15.8 Å². The number of nitrogens with one attached hydrogen (secondary N) is 1. The fourth-order valence-electron chi connectivity index (χ4n) is 1.88. The molecule has 1 aromatic carbocycles. The minimum absolute atomic E-state index is 1.08. The van der Waals surface area contributed by atoms with Crippen molar-refractivity contribution in [3.8, 4) is 0 Å². The van der Waals surface area contributed by atoms with Crippen molar-refractivity contribution in [2.45, 2.75) is 26.7 Å². The molecule has 2 aromatic rings. The summed E-state index contributed by atoms with van der Waals surface area (Å²) in [6.07, 6.45) is 4.32. The first-order valence-corrected chi connectivity index (χ1v) is 4.94. The van der Waals surface area contributed by atoms with Crippen LogP contribution in [0.2, 0.25) is 0 Å². The monoisotopic (exact) mass is 173 g/mol. The van der Waals surface area contributed by atoms with Crippen LogP contribution in [0, 0.1) is 0 Å². The predicted molar refractivity (Wildman–Crippen MR) is 57.1 cm³/mol. The number of benzene rings is 1. The number of rotatable bonds is 2. The maximum absolute atomic E-state index is 3.34. The first kappa shape index (κ1) is 8.36. The van der Waals surface area contributed by atoms with E-state index in [1.165, 1.54) is 22.0 Å². The van der Waals surface area contributed by atoms with Gasteiger partial charge < -0.3 is 4.98 Å². The first-order chi connectivity index (χ1) is 6.36. The summed E-state index contributed by atoms with van der Waals surface area (Å²) in [6, 6.07) is 6.55. The highest BCUT2D eigenvalue weighted by molar-refractivity contribution is 5.88. The molecule has 0 unspecified atom stereocenters. The molecule has 0 fully saturated rings. The zero-order chi connectivity index (χ0) is 9.26. The van der Waals surface area contributed by atoms with E-state index in [2.05, 4.69) is 43.2 Å². The Labute approximate surface area is 78.8 Å². The Hall–Kier alpha value is -1.24. The Balaban J connectivity index is 2.72. The van der Waals surface area contributed by atoms with Crippen molar-refractivity contribution in [3.63, 3.8) is 0 Å². The molecule has 13 heavy (non-hydrogen) atoms. The van der Waals surface area contributed by atoms with Crippen molar-refractivity contribution in [2.75, 3.05) is 0 Å². The molecule has 0 bridgehead atoms. The van der Waals surface area contributed by atoms with Crippen molar-refractivity contribution in [3.05, 3.63) is 35.7 Å². The molecule has 0 aliphatic rings. The number of aryl methyl sites for hydroxylation is 2. The summed E-state index contributed by atoms with van der Waals surface area (Å²) in [5.41, 5.74) is 2.79. The fraction of sp³-hybridized carbons (Fsp3) is 0.333. The van der Waals surface area contributed by atoms with Crippen molar-refractivity contribution < 1.29 is 0 Å². The van der Waals surface area contributed by atoms with Crippen LogP contribution < -0.4 is 0 Å². The summed E-state index contributed by atoms with van der Waals surface area (Å²) in [5.74, 6) is 0. The normalized spacial score (nSPS) is 10.9. The van der Waals surface area contributed by atoms with Crippen LogP contribution in [0.4, 0.5) is 0 Å². The summed E-state index contributed by atoms with van der Waals surface area (Å²) >= 11 is 0. The lowest BCUT2D eigenvalue weighted by Crippen LogP contribution is -1.81. The molecule has 1 heteroatoms. The highest BCUT2D eigenvalue weighted by atomic mass is 14.7. The van der Waals surface area contributed by atoms with Gasteiger partial charge in [-0.2, -0.15) is 0 Å². The molecule has 1 nitrogen and oxygen atoms in total. The summed E-state index contributed by atoms with van der Waals surface area (Å²) in [7, 11) is 0. The molecule has 0 radical (unpaired) electrons. The largest absolute Gasteiger partial charge is 0.364 e. The molecule has 1 N–H and O–H groups in total. The van der Waals surface area contributed by atoms with Crippen LogP contribution in [0.1, 0.15) is 25.1 Å². The molecule has 1 heterocycles. The maximum atomic E-state index is 3.34. The lowest BCUT2D eigenvalue weighted by Gasteiger charge is -1.99. The van der Waals surface area contributed by atoms with Crippen LogP contribution in [0.5, 0.6) is 0 Å². The quantitative estimate of drug-likeness (QED) is 0.717. The summed E-state index contributed by atoms with van der Waals surface area (Å²) in [6.45, 7) is 4.39. The van der Waals surface area contributed by atoms with Gasteiger partial charge in [-0.1, -0.05) is 32.0 Å². The van der Waals surface area contributed by atoms with Gasteiger partial charge in [0.25, 0.3) is 0 Å². The summed E-state index contributed by atoms with van der Waals surface area (Å²) in [4.78, 5) is 3.34. The maximum Gasteiger partial charge on any atom is 0.0224 e. The van der Waals surface area contributed by atoms with Gasteiger partial charge in [0.1, 0.15) is 0 Å². The third-order valence-electron chi connectivity index (χ3n) is 2.65. The van der Waals surface area contributed by atoms with Gasteiger partial charge in [-0.15, -0.1) is 0 Å². The van der Waals surface area contributed by atoms with Crippen LogP contribution in [0.25, 0.3) is 10.8 Å². The van der Waals surface area contributed by atoms with E-state index in [1.54, 1.807) is 0 Å². The van der Waals surface area contributed by atoms with Gasteiger partial charge in [-0.25, -0.2) is 0 Å². The van der Waals surface area contributed by atoms with Gasteiger partial charge in [-0.05, 0) is 18.4 Å². The molecule has 0 aliphatic carbocycles. The van der Waals surface area contributed by atoms with Crippen LogP contribution >= 0.6 is 0 Å². The molecule has 0 saturated carbocycles. The molecule has 0 amide bonds. The average molecular weight is 173 g/mol. The van der Waals surface area contributed by atoms with Crippen molar-refractivity contribution in [1.29, 1.82) is 0 Å². The van der Waals surface area contributed by atoms with Gasteiger partial charge in [0.2, 0.25) is 0 Å². The molecule has 1 aromatic heterocycles. The second-order valence-electron chi connectivity index (χ2n) is 3.35. The Bertz CT molecular complexity index is 412. The first-order valence-electron chi connectivity index (χ1n) is 4.94. The third kappa shape index (κ3) is 1.24. The average Bonchev–Trinajstić information content (AvgIpc) is 2.60. The van der Waals surface area contributed by atoms with Crippen molar-refractivity contribution in [1.82, 2.24) is 4.98 Å². The molecule has 0 aliphatic heterocycles. The summed E-state index contributed by atoms with van der Waals surface area (Å²) in [5, 5.41) is 2.78. The number of aromatic nitrogens is 1. The molecule has 68 valence electrons. The number of hydrogen-bond donors (Lipinski definition) is 1. The van der Waals surface area contributed by atoms with E-state index in [0.717, 1.165) is 12.8 Å². The van der Waals surface area contributed by atoms with Crippen LogP contribution in [-0.4, -0.2) is 4.98 Å². The number of aromatic amines is 1. The SMILES string of the molecule is CCc1cccc2c(CC)[nH]cc12. The fourth-order valence-corrected chi connectivity index (χ4v) is 1.88. The number of hydrogen-bond acceptors (Lipinski definition) is 0. The molecule has 0 spiro atoms. The van der Waals surface area contributed by atoms with Crippen LogP contribution in [0.3, 0.4) is 0 Å². The molecule has 0 atom stereocenters. The Morgan fingerprint density at radius 3 is 2.62 bits per heavy atom. The van der Waals surface area contributed by atoms with Gasteiger partial charge in [-0.3, -0.25) is 0 Å². The predicted octanol–water partition coefficient (Wildman–Crippen LogP) is 3.29. The smallest absolute Gasteiger partial charge is 0.0224 e. The van der Waals surface area contributed by atoms with E-state index >= 15 is 0 Å². The standard InChI is InChI=1S/C12H15N/c1-3-9-6-5-7-10-11(9)8-13-12(10)4-2/h5-8,13H,3-4H2,1-2H3. The Morgan fingerprint density at radius 1 is 1.08 bits per heavy atom. The summed E-state index contributed by atoms with van der Waals surface area (Å²) < 4.78 is 0. The molecular formula is C12H15N. The van der Waals surface area contributed by atoms with Gasteiger partial charge >= 0.3 is 0 Å². The van der Waals surface area contributed by atoms with E-state index in [4.69, 9.17) is 0 Å². The lowest BCUT2D eigenvalue weighted by atomic mass is 10.1. The zero-order valence-electron chi connectivity index (χ0n) is 8.22. The molecular weight excluding hydrogens is 158 g/mol. The second-order valence-corrected chi connectivity index (χ2v) is 3.35. The Kier molecular flexibility index (Phi) is 2.09. The van der Waals surface area contributed by atoms with Crippen LogP contribution in [-0.2, 0) is 12.8 Å². The minimum Gasteiger partial charge on any atom is -0.364 e. The number of fused-ring (bicyclic) bond motifs is 1. The zero-order valence-corrected chi connectivity index (χ0v) is 8.22. The van der Waals surface area contributed by atoms with E-state index in [0.29, 0.717) is 0 Å². The van der Waals surface area contributed by atoms with Gasteiger partial charge in [0.05, 0.1) is 0 Å². The van der Waals surface area contributed by atoms with Crippen molar-refractivity contribution in [2.24, 2.45) is 0 Å². The lowest BCUT2D eigenvalue weighted by molar-refractivity contribution is 1.08. The third-order valence-corrected chi connectivity index (χ3v) is 2.65. The van der Waals surface area contributed by atoms with Gasteiger partial charge in [0, 0.05) is 22.7 Å². The number of H-pyrrole nitrogens is 1. The van der Waals surface area contributed by atoms with Crippen molar-refractivity contribution >= 4 is 10.8 Å². The van der Waals surface area contributed by atoms with E-state index in [-0.39, 0.29) is 0 Å². The van der Waals surface area contributed by atoms with E-state index in [9.17, 15) is 0 Å². The Morgan fingerprint density at radius 2 is 1.92 bits per heavy atom. The highest BCUT2D eigenvalue weighted by Crippen LogP contribution is 2.22. The molecule has 2 rings (SSSR count). The van der Waals surface area contributed by atoms with E-state index in [1.807, 2.05) is 0 Å².